The van der Waals surface area contributed by atoms with E-state index in [1.807, 2.05) is 68.4 Å². The summed E-state index contributed by atoms with van der Waals surface area (Å²) < 4.78 is 11.5. The van der Waals surface area contributed by atoms with E-state index < -0.39 is 5.60 Å². The first-order valence-corrected chi connectivity index (χ1v) is 9.85. The van der Waals surface area contributed by atoms with Crippen molar-refractivity contribution in [3.8, 4) is 11.5 Å². The van der Waals surface area contributed by atoms with E-state index >= 15 is 0 Å². The van der Waals surface area contributed by atoms with E-state index in [0.29, 0.717) is 32.0 Å². The van der Waals surface area contributed by atoms with E-state index in [9.17, 15) is 9.90 Å². The Balaban J connectivity index is 1.70. The van der Waals surface area contributed by atoms with Crippen molar-refractivity contribution in [1.29, 1.82) is 0 Å². The van der Waals surface area contributed by atoms with Gasteiger partial charge in [-0.2, -0.15) is 0 Å². The number of hydrogen-bond donors (Lipinski definition) is 1. The molecule has 6 nitrogen and oxygen atoms in total. The lowest BCUT2D eigenvalue weighted by Gasteiger charge is -2.28. The molecule has 1 amide bonds. The largest absolute Gasteiger partial charge is 0.491 e. The van der Waals surface area contributed by atoms with Gasteiger partial charge in [0.05, 0.1) is 12.1 Å². The zero-order valence-corrected chi connectivity index (χ0v) is 17.6. The van der Waals surface area contributed by atoms with Crippen molar-refractivity contribution in [2.24, 2.45) is 0 Å². The van der Waals surface area contributed by atoms with Crippen LogP contribution in [0.1, 0.15) is 23.6 Å². The molecular formula is C23H30N2O4. The SMILES string of the molecule is Cc1ccc(OCC(=O)N2CCOc3ccc(C(C)(O)CN(C)C)cc3C2)cc1. The second kappa shape index (κ2) is 8.84. The molecule has 1 N–H and O–H groups in total. The maximum absolute atomic E-state index is 12.7. The zero-order valence-electron chi connectivity index (χ0n) is 17.6. The Labute approximate surface area is 172 Å². The smallest absolute Gasteiger partial charge is 0.260 e. The Morgan fingerprint density at radius 1 is 1.24 bits per heavy atom. The first-order chi connectivity index (χ1) is 13.7. The minimum atomic E-state index is -0.992. The highest BCUT2D eigenvalue weighted by Gasteiger charge is 2.27. The third kappa shape index (κ3) is 5.49. The molecule has 2 aromatic carbocycles. The lowest BCUT2D eigenvalue weighted by molar-refractivity contribution is -0.134. The summed E-state index contributed by atoms with van der Waals surface area (Å²) in [5.41, 5.74) is 1.85. The van der Waals surface area contributed by atoms with Crippen LogP contribution in [0, 0.1) is 6.92 Å². The van der Waals surface area contributed by atoms with Gasteiger partial charge in [-0.1, -0.05) is 23.8 Å². The summed E-state index contributed by atoms with van der Waals surface area (Å²) in [5.74, 6) is 1.34. The van der Waals surface area contributed by atoms with Crippen LogP contribution in [0.15, 0.2) is 42.5 Å². The number of carbonyl (C=O) groups is 1. The maximum atomic E-state index is 12.7. The quantitative estimate of drug-likeness (QED) is 0.810. The number of likely N-dealkylation sites (N-methyl/N-ethyl adjacent to an activating group) is 1. The van der Waals surface area contributed by atoms with Crippen LogP contribution in [-0.2, 0) is 16.9 Å². The predicted molar refractivity (Wildman–Crippen MR) is 112 cm³/mol. The van der Waals surface area contributed by atoms with Gasteiger partial charge in [0.15, 0.2) is 6.61 Å². The number of aryl methyl sites for hydroxylation is 1. The Morgan fingerprint density at radius 3 is 2.66 bits per heavy atom. The van der Waals surface area contributed by atoms with E-state index in [1.165, 1.54) is 0 Å². The number of ether oxygens (including phenoxy) is 2. The van der Waals surface area contributed by atoms with E-state index in [0.717, 1.165) is 22.4 Å². The first kappa shape index (κ1) is 21.1. The van der Waals surface area contributed by atoms with E-state index in [4.69, 9.17) is 9.47 Å². The molecule has 0 aliphatic carbocycles. The number of benzene rings is 2. The molecule has 6 heteroatoms. The van der Waals surface area contributed by atoms with Crippen molar-refractivity contribution in [2.45, 2.75) is 26.0 Å². The maximum Gasteiger partial charge on any atom is 0.260 e. The minimum Gasteiger partial charge on any atom is -0.491 e. The average Bonchev–Trinajstić information content (AvgIpc) is 2.88. The van der Waals surface area contributed by atoms with Crippen LogP contribution in [-0.4, -0.2) is 61.2 Å². The molecule has 1 atom stereocenters. The summed E-state index contributed by atoms with van der Waals surface area (Å²) >= 11 is 0. The monoisotopic (exact) mass is 398 g/mol. The zero-order chi connectivity index (χ0) is 21.0. The number of rotatable bonds is 6. The summed E-state index contributed by atoms with van der Waals surface area (Å²) in [7, 11) is 3.85. The van der Waals surface area contributed by atoms with Crippen LogP contribution in [0.5, 0.6) is 11.5 Å². The van der Waals surface area contributed by atoms with Gasteiger partial charge in [0, 0.05) is 18.7 Å². The third-order valence-corrected chi connectivity index (χ3v) is 5.02. The van der Waals surface area contributed by atoms with Crippen LogP contribution in [0.2, 0.25) is 0 Å². The lowest BCUT2D eigenvalue weighted by Crippen LogP contribution is -2.36. The number of nitrogens with zero attached hydrogens (tertiary/aromatic N) is 2. The molecule has 156 valence electrons. The fourth-order valence-electron chi connectivity index (χ4n) is 3.52. The molecule has 29 heavy (non-hydrogen) atoms. The predicted octanol–water partition coefficient (Wildman–Crippen LogP) is 2.56. The van der Waals surface area contributed by atoms with Crippen LogP contribution >= 0.6 is 0 Å². The highest BCUT2D eigenvalue weighted by Crippen LogP contribution is 2.30. The van der Waals surface area contributed by atoms with Crippen LogP contribution < -0.4 is 9.47 Å². The molecule has 1 aliphatic rings. The van der Waals surface area contributed by atoms with Crippen molar-refractivity contribution in [2.75, 3.05) is 40.4 Å². The van der Waals surface area contributed by atoms with E-state index in [2.05, 4.69) is 0 Å². The Kier molecular flexibility index (Phi) is 6.45. The molecule has 2 aromatic rings. The van der Waals surface area contributed by atoms with E-state index in [-0.39, 0.29) is 12.5 Å². The van der Waals surface area contributed by atoms with Crippen LogP contribution in [0.25, 0.3) is 0 Å². The molecule has 0 saturated heterocycles. The minimum absolute atomic E-state index is 0.0174. The molecule has 0 radical (unpaired) electrons. The van der Waals surface area contributed by atoms with Gasteiger partial charge in [-0.15, -0.1) is 0 Å². The fraction of sp³-hybridized carbons (Fsp3) is 0.435. The third-order valence-electron chi connectivity index (χ3n) is 5.02. The van der Waals surface area contributed by atoms with Gasteiger partial charge in [0.25, 0.3) is 5.91 Å². The Hall–Kier alpha value is -2.57. The van der Waals surface area contributed by atoms with E-state index in [1.54, 1.807) is 11.8 Å². The first-order valence-electron chi connectivity index (χ1n) is 9.85. The molecule has 0 fully saturated rings. The second-order valence-electron chi connectivity index (χ2n) is 8.10. The Morgan fingerprint density at radius 2 is 1.97 bits per heavy atom. The van der Waals surface area contributed by atoms with Crippen molar-refractivity contribution in [3.05, 3.63) is 59.2 Å². The van der Waals surface area contributed by atoms with Crippen molar-refractivity contribution >= 4 is 5.91 Å². The molecule has 0 bridgehead atoms. The summed E-state index contributed by atoms with van der Waals surface area (Å²) in [6.45, 7) is 5.64. The molecule has 0 saturated carbocycles. The van der Waals surface area contributed by atoms with Gasteiger partial charge in [-0.25, -0.2) is 0 Å². The molecule has 0 spiro atoms. The van der Waals surface area contributed by atoms with Gasteiger partial charge in [-0.05, 0) is 57.8 Å². The fourth-order valence-corrected chi connectivity index (χ4v) is 3.52. The van der Waals surface area contributed by atoms with Gasteiger partial charge in [0.2, 0.25) is 0 Å². The van der Waals surface area contributed by atoms with Crippen LogP contribution in [0.3, 0.4) is 0 Å². The summed E-state index contributed by atoms with van der Waals surface area (Å²) in [6.07, 6.45) is 0. The van der Waals surface area contributed by atoms with Gasteiger partial charge in [0.1, 0.15) is 18.1 Å². The molecule has 1 unspecified atom stereocenters. The van der Waals surface area contributed by atoms with Crippen molar-refractivity contribution in [1.82, 2.24) is 9.80 Å². The van der Waals surface area contributed by atoms with Gasteiger partial charge in [-0.3, -0.25) is 4.79 Å². The highest BCUT2D eigenvalue weighted by molar-refractivity contribution is 5.78. The molecule has 0 aromatic heterocycles. The van der Waals surface area contributed by atoms with Gasteiger partial charge < -0.3 is 24.4 Å². The lowest BCUT2D eigenvalue weighted by atomic mass is 9.93. The van der Waals surface area contributed by atoms with Crippen molar-refractivity contribution in [3.63, 3.8) is 0 Å². The molecule has 1 aliphatic heterocycles. The number of hydrogen-bond acceptors (Lipinski definition) is 5. The number of carbonyl (C=O) groups excluding carboxylic acids is 1. The number of aliphatic hydroxyl groups is 1. The van der Waals surface area contributed by atoms with Crippen LogP contribution in [0.4, 0.5) is 0 Å². The highest BCUT2D eigenvalue weighted by atomic mass is 16.5. The normalized spacial score (nSPS) is 15.9. The Bertz CT molecular complexity index is 846. The second-order valence-corrected chi connectivity index (χ2v) is 8.10. The van der Waals surface area contributed by atoms with Gasteiger partial charge >= 0.3 is 0 Å². The topological polar surface area (TPSA) is 62.2 Å². The van der Waals surface area contributed by atoms with Crippen molar-refractivity contribution < 1.29 is 19.4 Å². The molecular weight excluding hydrogens is 368 g/mol. The number of amides is 1. The number of fused-ring (bicyclic) bond motifs is 1. The average molecular weight is 399 g/mol. The summed E-state index contributed by atoms with van der Waals surface area (Å²) in [5, 5.41) is 10.8. The molecule has 1 heterocycles. The summed E-state index contributed by atoms with van der Waals surface area (Å²) in [4.78, 5) is 16.4. The standard InChI is InChI=1S/C23H30N2O4/c1-17-5-8-20(9-6-17)29-15-22(26)25-11-12-28-21-10-7-19(13-18(21)14-25)23(2,27)16-24(3)4/h5-10,13,27H,11-12,14-16H2,1-4H3. The molecule has 3 rings (SSSR count). The summed E-state index contributed by atoms with van der Waals surface area (Å²) in [6, 6.07) is 13.3.